The van der Waals surface area contributed by atoms with Gasteiger partial charge in [-0.3, -0.25) is 0 Å². The van der Waals surface area contributed by atoms with Crippen LogP contribution in [0.15, 0.2) is 66.9 Å². The molecule has 0 aliphatic rings. The predicted molar refractivity (Wildman–Crippen MR) is 140 cm³/mol. The van der Waals surface area contributed by atoms with Gasteiger partial charge in [0.2, 0.25) is 0 Å². The average molecular weight is 457 g/mol. The molecule has 0 unspecified atom stereocenters. The predicted octanol–water partition coefficient (Wildman–Crippen LogP) is 7.32. The highest BCUT2D eigenvalue weighted by molar-refractivity contribution is 5.50. The molecule has 0 spiro atoms. The van der Waals surface area contributed by atoms with E-state index < -0.39 is 0 Å². The summed E-state index contributed by atoms with van der Waals surface area (Å²) >= 11 is 0. The van der Waals surface area contributed by atoms with Gasteiger partial charge in [-0.1, -0.05) is 13.8 Å². The van der Waals surface area contributed by atoms with Crippen molar-refractivity contribution in [1.29, 1.82) is 0 Å². The molecule has 0 radical (unpaired) electrons. The molecule has 4 aromatic rings. The molecule has 2 aromatic heterocycles. The van der Waals surface area contributed by atoms with Crippen LogP contribution < -0.4 is 9.47 Å². The van der Waals surface area contributed by atoms with E-state index in [0.29, 0.717) is 13.2 Å². The van der Waals surface area contributed by atoms with Gasteiger partial charge in [-0.15, -0.1) is 0 Å². The van der Waals surface area contributed by atoms with Crippen LogP contribution in [-0.4, -0.2) is 22.3 Å². The van der Waals surface area contributed by atoms with Crippen LogP contribution in [0.25, 0.3) is 11.4 Å². The molecule has 0 fully saturated rings. The van der Waals surface area contributed by atoms with Crippen molar-refractivity contribution in [2.24, 2.45) is 0 Å². The van der Waals surface area contributed by atoms with Crippen molar-refractivity contribution in [1.82, 2.24) is 9.13 Å². The maximum Gasteiger partial charge on any atom is 0.119 e. The number of hydrogen-bond donors (Lipinski definition) is 0. The Morgan fingerprint density at radius 2 is 1.24 bits per heavy atom. The van der Waals surface area contributed by atoms with E-state index in [0.717, 1.165) is 22.9 Å². The maximum atomic E-state index is 5.62. The summed E-state index contributed by atoms with van der Waals surface area (Å²) in [4.78, 5) is 0. The fraction of sp³-hybridized carbons (Fsp3) is 0.333. The first-order chi connectivity index (χ1) is 16.3. The van der Waals surface area contributed by atoms with Crippen molar-refractivity contribution in [2.45, 2.75) is 53.9 Å². The van der Waals surface area contributed by atoms with Gasteiger partial charge in [0.05, 0.1) is 13.2 Å². The molecular formula is C30H36N2O2. The topological polar surface area (TPSA) is 28.3 Å². The average Bonchev–Trinajstić information content (AvgIpc) is 3.35. The van der Waals surface area contributed by atoms with E-state index in [2.05, 4.69) is 86.3 Å². The minimum absolute atomic E-state index is 0.146. The van der Waals surface area contributed by atoms with Crippen LogP contribution in [0, 0.1) is 20.8 Å². The monoisotopic (exact) mass is 456 g/mol. The molecule has 0 amide bonds. The molecule has 4 rings (SSSR count). The van der Waals surface area contributed by atoms with E-state index in [1.54, 1.807) is 0 Å². The third-order valence-corrected chi connectivity index (χ3v) is 6.67. The Morgan fingerprint density at radius 1 is 0.706 bits per heavy atom. The molecule has 0 atom stereocenters. The standard InChI is InChI=1S/C30H36N2O2/c1-8-33-27-14-10-25(11-15-27)31-20-24(18-21(31)3)30(6,7)29-19-22(4)32(23(29)5)26-12-16-28(17-13-26)34-9-2/h10-20H,8-9H2,1-7H3. The summed E-state index contributed by atoms with van der Waals surface area (Å²) in [6.07, 6.45) is 2.27. The lowest BCUT2D eigenvalue weighted by Gasteiger charge is -2.25. The molecule has 2 heterocycles. The van der Waals surface area contributed by atoms with Gasteiger partial charge in [0.15, 0.2) is 0 Å². The zero-order valence-corrected chi connectivity index (χ0v) is 21.5. The molecule has 34 heavy (non-hydrogen) atoms. The number of hydrogen-bond acceptors (Lipinski definition) is 2. The van der Waals surface area contributed by atoms with Crippen LogP contribution in [-0.2, 0) is 5.41 Å². The quantitative estimate of drug-likeness (QED) is 0.278. The lowest BCUT2D eigenvalue weighted by atomic mass is 9.79. The van der Waals surface area contributed by atoms with E-state index in [9.17, 15) is 0 Å². The molecule has 0 saturated carbocycles. The van der Waals surface area contributed by atoms with E-state index in [4.69, 9.17) is 9.47 Å². The van der Waals surface area contributed by atoms with Crippen molar-refractivity contribution in [3.63, 3.8) is 0 Å². The minimum atomic E-state index is -0.146. The number of nitrogens with zero attached hydrogens (tertiary/aromatic N) is 2. The smallest absolute Gasteiger partial charge is 0.119 e. The molecular weight excluding hydrogens is 420 g/mol. The molecule has 0 bridgehead atoms. The van der Waals surface area contributed by atoms with Gasteiger partial charge in [0, 0.05) is 40.1 Å². The fourth-order valence-corrected chi connectivity index (χ4v) is 4.87. The lowest BCUT2D eigenvalue weighted by molar-refractivity contribution is 0.340. The van der Waals surface area contributed by atoms with Gasteiger partial charge in [-0.25, -0.2) is 0 Å². The van der Waals surface area contributed by atoms with E-state index in [1.807, 2.05) is 38.1 Å². The summed E-state index contributed by atoms with van der Waals surface area (Å²) in [5.41, 5.74) is 8.49. The number of aryl methyl sites for hydroxylation is 2. The van der Waals surface area contributed by atoms with Gasteiger partial charge in [0.25, 0.3) is 0 Å². The summed E-state index contributed by atoms with van der Waals surface area (Å²) in [6, 6.07) is 21.3. The first-order valence-corrected chi connectivity index (χ1v) is 12.1. The van der Waals surface area contributed by atoms with Crippen molar-refractivity contribution in [3.05, 3.63) is 95.1 Å². The van der Waals surface area contributed by atoms with Crippen LogP contribution in [0.3, 0.4) is 0 Å². The van der Waals surface area contributed by atoms with E-state index >= 15 is 0 Å². The Balaban J connectivity index is 1.69. The molecule has 0 aliphatic carbocycles. The van der Waals surface area contributed by atoms with Crippen LogP contribution >= 0.6 is 0 Å². The Morgan fingerprint density at radius 3 is 1.76 bits per heavy atom. The second kappa shape index (κ2) is 9.46. The third kappa shape index (κ3) is 4.37. The van der Waals surface area contributed by atoms with Gasteiger partial charge < -0.3 is 18.6 Å². The molecule has 0 aliphatic heterocycles. The van der Waals surface area contributed by atoms with Crippen LogP contribution in [0.2, 0.25) is 0 Å². The third-order valence-electron chi connectivity index (χ3n) is 6.67. The highest BCUT2D eigenvalue weighted by Gasteiger charge is 2.29. The highest BCUT2D eigenvalue weighted by atomic mass is 16.5. The Kier molecular flexibility index (Phi) is 6.60. The van der Waals surface area contributed by atoms with Crippen molar-refractivity contribution in [2.75, 3.05) is 13.2 Å². The largest absolute Gasteiger partial charge is 0.494 e. The maximum absolute atomic E-state index is 5.62. The Hall–Kier alpha value is -3.40. The van der Waals surface area contributed by atoms with Crippen LogP contribution in [0.5, 0.6) is 11.5 Å². The molecule has 4 nitrogen and oxygen atoms in total. The van der Waals surface area contributed by atoms with Crippen LogP contribution in [0.1, 0.15) is 55.9 Å². The Labute approximate surface area is 203 Å². The zero-order chi connectivity index (χ0) is 24.5. The second-order valence-electron chi connectivity index (χ2n) is 9.34. The first-order valence-electron chi connectivity index (χ1n) is 12.1. The molecule has 0 N–H and O–H groups in total. The SMILES string of the molecule is CCOc1ccc(-n2cc(C(C)(C)c3cc(C)n(-c4ccc(OCC)cc4)c3C)cc2C)cc1. The summed E-state index contributed by atoms with van der Waals surface area (Å²) in [5.74, 6) is 1.80. The summed E-state index contributed by atoms with van der Waals surface area (Å²) in [7, 11) is 0. The van der Waals surface area contributed by atoms with Crippen molar-refractivity contribution in [3.8, 4) is 22.9 Å². The molecule has 4 heteroatoms. The van der Waals surface area contributed by atoms with Crippen LogP contribution in [0.4, 0.5) is 0 Å². The molecule has 2 aromatic carbocycles. The van der Waals surface area contributed by atoms with Gasteiger partial charge >= 0.3 is 0 Å². The van der Waals surface area contributed by atoms with Crippen molar-refractivity contribution >= 4 is 0 Å². The normalized spacial score (nSPS) is 11.6. The highest BCUT2D eigenvalue weighted by Crippen LogP contribution is 2.38. The summed E-state index contributed by atoms with van der Waals surface area (Å²) in [6.45, 7) is 16.6. The first kappa shape index (κ1) is 23.7. The number of ether oxygens (including phenoxy) is 2. The second-order valence-corrected chi connectivity index (χ2v) is 9.34. The number of benzene rings is 2. The lowest BCUT2D eigenvalue weighted by Crippen LogP contribution is -2.19. The van der Waals surface area contributed by atoms with Gasteiger partial charge in [0.1, 0.15) is 11.5 Å². The fourth-order valence-electron chi connectivity index (χ4n) is 4.87. The van der Waals surface area contributed by atoms with Crippen molar-refractivity contribution < 1.29 is 9.47 Å². The van der Waals surface area contributed by atoms with E-state index in [-0.39, 0.29) is 5.41 Å². The molecule has 0 saturated heterocycles. The zero-order valence-electron chi connectivity index (χ0n) is 21.5. The number of aromatic nitrogens is 2. The van der Waals surface area contributed by atoms with Gasteiger partial charge in [-0.05, 0) is 106 Å². The van der Waals surface area contributed by atoms with E-state index in [1.165, 1.54) is 28.2 Å². The minimum Gasteiger partial charge on any atom is -0.494 e. The Bertz CT molecular complexity index is 1260. The molecule has 178 valence electrons. The number of rotatable bonds is 8. The van der Waals surface area contributed by atoms with Gasteiger partial charge in [-0.2, -0.15) is 0 Å². The summed E-state index contributed by atoms with van der Waals surface area (Å²) in [5, 5.41) is 0. The summed E-state index contributed by atoms with van der Waals surface area (Å²) < 4.78 is 15.8.